The van der Waals surface area contributed by atoms with Crippen LogP contribution in [0.25, 0.3) is 0 Å². The Morgan fingerprint density at radius 3 is 2.75 bits per heavy atom. The van der Waals surface area contributed by atoms with Crippen LogP contribution in [0.1, 0.15) is 5.56 Å². The molecule has 1 aromatic rings. The van der Waals surface area contributed by atoms with Crippen LogP contribution < -0.4 is 0 Å². The lowest BCUT2D eigenvalue weighted by atomic mass is 10.2. The second kappa shape index (κ2) is 4.57. The molecule has 0 bridgehead atoms. The summed E-state index contributed by atoms with van der Waals surface area (Å²) < 4.78 is 22.9. The van der Waals surface area contributed by atoms with Gasteiger partial charge in [0.1, 0.15) is 0 Å². The van der Waals surface area contributed by atoms with E-state index in [1.54, 1.807) is 24.3 Å². The molecule has 0 aliphatic heterocycles. The van der Waals surface area contributed by atoms with Crippen molar-refractivity contribution in [3.05, 3.63) is 34.9 Å². The van der Waals surface area contributed by atoms with Crippen LogP contribution in [0.4, 0.5) is 0 Å². The summed E-state index contributed by atoms with van der Waals surface area (Å²) in [6.07, 6.45) is 0. The van der Waals surface area contributed by atoms with Crippen molar-refractivity contribution in [2.24, 2.45) is 0 Å². The minimum Gasteiger partial charge on any atom is -0.284 e. The highest BCUT2D eigenvalue weighted by Gasteiger charge is 2.00. The number of hydrogen-bond donors (Lipinski definition) is 1. The molecule has 0 heterocycles. The lowest BCUT2D eigenvalue weighted by molar-refractivity contribution is 0.297. The van der Waals surface area contributed by atoms with E-state index in [9.17, 15) is 4.21 Å². The second-order valence-corrected chi connectivity index (χ2v) is 3.15. The van der Waals surface area contributed by atoms with Crippen molar-refractivity contribution in [1.29, 1.82) is 0 Å². The van der Waals surface area contributed by atoms with Crippen molar-refractivity contribution in [3.8, 4) is 0 Å². The fourth-order valence-electron chi connectivity index (χ4n) is 0.729. The number of rotatable bonds is 3. The first kappa shape index (κ1) is 9.67. The summed E-state index contributed by atoms with van der Waals surface area (Å²) in [5, 5.41) is 0.531. The molecular formula is C7H7ClO3S. The molecule has 0 aliphatic carbocycles. The molecule has 66 valence electrons. The van der Waals surface area contributed by atoms with Gasteiger partial charge in [-0.2, -0.15) is 4.21 Å². The van der Waals surface area contributed by atoms with Gasteiger partial charge in [0.2, 0.25) is 0 Å². The molecule has 5 heteroatoms. The van der Waals surface area contributed by atoms with Crippen molar-refractivity contribution in [2.45, 2.75) is 6.61 Å². The second-order valence-electron chi connectivity index (χ2n) is 2.07. The average molecular weight is 207 g/mol. The highest BCUT2D eigenvalue weighted by molar-refractivity contribution is 7.74. The Labute approximate surface area is 77.8 Å². The summed E-state index contributed by atoms with van der Waals surface area (Å²) in [5.41, 5.74) is 0.696. The first-order chi connectivity index (χ1) is 5.70. The fraction of sp³-hybridized carbons (Fsp3) is 0.143. The van der Waals surface area contributed by atoms with E-state index in [-0.39, 0.29) is 6.61 Å². The van der Waals surface area contributed by atoms with Crippen LogP contribution in [0.5, 0.6) is 0 Å². The molecule has 12 heavy (non-hydrogen) atoms. The fourth-order valence-corrected chi connectivity index (χ4v) is 1.15. The maximum absolute atomic E-state index is 10.1. The molecule has 0 aromatic heterocycles. The van der Waals surface area contributed by atoms with E-state index < -0.39 is 11.4 Å². The van der Waals surface area contributed by atoms with Crippen molar-refractivity contribution >= 4 is 23.0 Å². The van der Waals surface area contributed by atoms with Gasteiger partial charge in [0.15, 0.2) is 0 Å². The van der Waals surface area contributed by atoms with Gasteiger partial charge >= 0.3 is 11.4 Å². The molecular weight excluding hydrogens is 200 g/mol. The van der Waals surface area contributed by atoms with Gasteiger partial charge in [0.05, 0.1) is 6.61 Å². The van der Waals surface area contributed by atoms with Gasteiger partial charge in [-0.25, -0.2) is 0 Å². The molecule has 3 nitrogen and oxygen atoms in total. The Morgan fingerprint density at radius 2 is 2.17 bits per heavy atom. The Hall–Kier alpha value is -0.420. The summed E-state index contributed by atoms with van der Waals surface area (Å²) in [4.78, 5) is 0. The van der Waals surface area contributed by atoms with Gasteiger partial charge in [-0.05, 0) is 11.6 Å². The predicted molar refractivity (Wildman–Crippen MR) is 47.0 cm³/mol. The van der Waals surface area contributed by atoms with Crippen molar-refractivity contribution in [1.82, 2.24) is 0 Å². The maximum atomic E-state index is 10.1. The van der Waals surface area contributed by atoms with Gasteiger partial charge in [-0.3, -0.25) is 8.74 Å². The van der Waals surface area contributed by atoms with Crippen LogP contribution in [0.2, 0.25) is 5.02 Å². The Kier molecular flexibility index (Phi) is 3.68. The monoisotopic (exact) mass is 206 g/mol. The number of hydrogen-bond acceptors (Lipinski definition) is 2. The summed E-state index contributed by atoms with van der Waals surface area (Å²) in [7, 11) is 0. The molecule has 0 fully saturated rings. The lowest BCUT2D eigenvalue weighted by Gasteiger charge is -2.00. The molecule has 0 saturated heterocycles. The quantitative estimate of drug-likeness (QED) is 0.770. The van der Waals surface area contributed by atoms with Gasteiger partial charge < -0.3 is 0 Å². The van der Waals surface area contributed by atoms with E-state index in [0.29, 0.717) is 10.6 Å². The molecule has 1 atom stereocenters. The molecule has 1 unspecified atom stereocenters. The number of benzene rings is 1. The van der Waals surface area contributed by atoms with E-state index in [1.807, 2.05) is 0 Å². The standard InChI is InChI=1S/C7H7ClO3S/c8-7-4-2-1-3-6(7)5-11-12(9)10/h1-4H,5H2,(H,9,10). The molecule has 1 N–H and O–H groups in total. The van der Waals surface area contributed by atoms with Crippen LogP contribution in [-0.4, -0.2) is 8.76 Å². The van der Waals surface area contributed by atoms with Crippen molar-refractivity contribution < 1.29 is 12.9 Å². The van der Waals surface area contributed by atoms with Crippen LogP contribution >= 0.6 is 11.6 Å². The zero-order valence-electron chi connectivity index (χ0n) is 6.07. The van der Waals surface area contributed by atoms with Crippen LogP contribution in [0, 0.1) is 0 Å². The van der Waals surface area contributed by atoms with Gasteiger partial charge in [-0.1, -0.05) is 29.8 Å². The first-order valence-electron chi connectivity index (χ1n) is 3.17. The Morgan fingerprint density at radius 1 is 1.50 bits per heavy atom. The zero-order valence-corrected chi connectivity index (χ0v) is 7.64. The molecule has 1 aromatic carbocycles. The summed E-state index contributed by atoms with van der Waals surface area (Å²) in [6.45, 7) is 0.0444. The maximum Gasteiger partial charge on any atom is 0.302 e. The topological polar surface area (TPSA) is 46.5 Å². The first-order valence-corrected chi connectivity index (χ1v) is 4.58. The third-order valence-corrected chi connectivity index (χ3v) is 1.96. The normalized spacial score (nSPS) is 12.8. The van der Waals surface area contributed by atoms with E-state index in [0.717, 1.165) is 0 Å². The van der Waals surface area contributed by atoms with Crippen molar-refractivity contribution in [2.75, 3.05) is 0 Å². The molecule has 1 rings (SSSR count). The average Bonchev–Trinajstić information content (AvgIpc) is 2.03. The highest BCUT2D eigenvalue weighted by atomic mass is 35.5. The Bertz CT molecular complexity index is 290. The lowest BCUT2D eigenvalue weighted by Crippen LogP contribution is -1.95. The smallest absolute Gasteiger partial charge is 0.284 e. The SMILES string of the molecule is O=S(O)OCc1ccccc1Cl. The zero-order chi connectivity index (χ0) is 8.97. The van der Waals surface area contributed by atoms with Crippen molar-refractivity contribution in [3.63, 3.8) is 0 Å². The summed E-state index contributed by atoms with van der Waals surface area (Å²) in [6, 6.07) is 6.99. The van der Waals surface area contributed by atoms with E-state index in [1.165, 1.54) is 0 Å². The molecule has 0 aliphatic rings. The number of halogens is 1. The van der Waals surface area contributed by atoms with Gasteiger partial charge in [-0.15, -0.1) is 0 Å². The van der Waals surface area contributed by atoms with Crippen LogP contribution in [-0.2, 0) is 22.2 Å². The summed E-state index contributed by atoms with van der Waals surface area (Å²) in [5.74, 6) is 0. The summed E-state index contributed by atoms with van der Waals surface area (Å²) >= 11 is 3.51. The predicted octanol–water partition coefficient (Wildman–Crippen LogP) is 1.99. The minimum absolute atomic E-state index is 0.0444. The van der Waals surface area contributed by atoms with Crippen LogP contribution in [0.3, 0.4) is 0 Å². The third kappa shape index (κ3) is 2.91. The van der Waals surface area contributed by atoms with Crippen LogP contribution in [0.15, 0.2) is 24.3 Å². The van der Waals surface area contributed by atoms with E-state index in [2.05, 4.69) is 4.18 Å². The highest BCUT2D eigenvalue weighted by Crippen LogP contribution is 2.15. The minimum atomic E-state index is -2.23. The van der Waals surface area contributed by atoms with E-state index in [4.69, 9.17) is 16.2 Å². The molecule has 0 saturated carbocycles. The molecule has 0 spiro atoms. The van der Waals surface area contributed by atoms with Gasteiger partial charge in [0, 0.05) is 5.02 Å². The van der Waals surface area contributed by atoms with Gasteiger partial charge in [0.25, 0.3) is 0 Å². The Balaban J connectivity index is 2.63. The molecule has 0 amide bonds. The largest absolute Gasteiger partial charge is 0.302 e. The molecule has 0 radical (unpaired) electrons. The van der Waals surface area contributed by atoms with E-state index >= 15 is 0 Å². The third-order valence-electron chi connectivity index (χ3n) is 1.27.